The van der Waals surface area contributed by atoms with Crippen molar-refractivity contribution in [2.24, 2.45) is 5.92 Å². The lowest BCUT2D eigenvalue weighted by atomic mass is 9.97. The van der Waals surface area contributed by atoms with Crippen molar-refractivity contribution in [2.75, 3.05) is 26.2 Å². The quantitative estimate of drug-likeness (QED) is 0.820. The molecule has 1 aromatic rings. The number of amides is 1. The van der Waals surface area contributed by atoms with E-state index in [9.17, 15) is 22.0 Å². The van der Waals surface area contributed by atoms with E-state index in [-0.39, 0.29) is 31.0 Å². The number of benzene rings is 1. The van der Waals surface area contributed by atoms with E-state index >= 15 is 0 Å². The second-order valence-electron chi connectivity index (χ2n) is 6.45. The van der Waals surface area contributed by atoms with Crippen LogP contribution in [0.3, 0.4) is 0 Å². The lowest BCUT2D eigenvalue weighted by Crippen LogP contribution is -2.45. The predicted octanol–water partition coefficient (Wildman–Crippen LogP) is 0.844. The van der Waals surface area contributed by atoms with Gasteiger partial charge in [-0.1, -0.05) is 0 Å². The van der Waals surface area contributed by atoms with Crippen LogP contribution in [0.1, 0.15) is 19.3 Å². The second-order valence-corrected chi connectivity index (χ2v) is 8.36. The lowest BCUT2D eigenvalue weighted by molar-refractivity contribution is -0.126. The number of carbonyl (C=O) groups excluding carboxylic acids is 1. The van der Waals surface area contributed by atoms with Crippen LogP contribution in [0.2, 0.25) is 0 Å². The fourth-order valence-electron chi connectivity index (χ4n) is 3.27. The van der Waals surface area contributed by atoms with Crippen LogP contribution in [0.15, 0.2) is 23.1 Å². The van der Waals surface area contributed by atoms with Crippen LogP contribution in [-0.4, -0.2) is 50.9 Å². The smallest absolute Gasteiger partial charge is 0.246 e. The molecule has 2 N–H and O–H groups in total. The molecule has 138 valence electrons. The predicted molar refractivity (Wildman–Crippen MR) is 87.3 cm³/mol. The monoisotopic (exact) mass is 373 g/mol. The van der Waals surface area contributed by atoms with Crippen LogP contribution in [0.4, 0.5) is 8.78 Å². The lowest BCUT2D eigenvalue weighted by Gasteiger charge is -2.31. The Kier molecular flexibility index (Phi) is 5.35. The summed E-state index contributed by atoms with van der Waals surface area (Å²) in [5.41, 5.74) is 0. The number of hydrogen-bond acceptors (Lipinski definition) is 4. The van der Waals surface area contributed by atoms with E-state index < -0.39 is 26.6 Å². The molecule has 3 rings (SSSR count). The third kappa shape index (κ3) is 3.99. The van der Waals surface area contributed by atoms with Crippen molar-refractivity contribution in [3.05, 3.63) is 29.8 Å². The summed E-state index contributed by atoms with van der Waals surface area (Å²) in [6, 6.07) is 2.49. The van der Waals surface area contributed by atoms with Gasteiger partial charge in [0, 0.05) is 31.6 Å². The van der Waals surface area contributed by atoms with Crippen LogP contribution in [0.25, 0.3) is 0 Å². The van der Waals surface area contributed by atoms with E-state index in [1.807, 2.05) is 0 Å². The molecule has 25 heavy (non-hydrogen) atoms. The molecule has 0 aliphatic carbocycles. The number of piperidine rings is 1. The van der Waals surface area contributed by atoms with Crippen LogP contribution < -0.4 is 10.6 Å². The van der Waals surface area contributed by atoms with Crippen molar-refractivity contribution in [2.45, 2.75) is 30.2 Å². The van der Waals surface area contributed by atoms with E-state index in [4.69, 9.17) is 0 Å². The average molecular weight is 373 g/mol. The van der Waals surface area contributed by atoms with E-state index in [2.05, 4.69) is 10.6 Å². The molecule has 9 heteroatoms. The van der Waals surface area contributed by atoms with Gasteiger partial charge in [0.15, 0.2) is 0 Å². The summed E-state index contributed by atoms with van der Waals surface area (Å²) in [6.07, 6.45) is 1.61. The fourth-order valence-corrected chi connectivity index (χ4v) is 4.81. The number of nitrogens with one attached hydrogen (secondary N) is 2. The van der Waals surface area contributed by atoms with Gasteiger partial charge in [-0.2, -0.15) is 4.31 Å². The number of halogens is 2. The molecule has 2 aliphatic heterocycles. The summed E-state index contributed by atoms with van der Waals surface area (Å²) >= 11 is 0. The molecule has 6 nitrogen and oxygen atoms in total. The molecule has 0 spiro atoms. The first kappa shape index (κ1) is 18.2. The van der Waals surface area contributed by atoms with Crippen LogP contribution in [0.5, 0.6) is 0 Å². The largest absolute Gasteiger partial charge is 0.352 e. The molecular weight excluding hydrogens is 352 g/mol. The normalized spacial score (nSPS) is 22.9. The summed E-state index contributed by atoms with van der Waals surface area (Å²) in [6.45, 7) is 1.84. The number of rotatable bonds is 4. The Hall–Kier alpha value is -1.58. The molecule has 2 aliphatic rings. The first-order chi connectivity index (χ1) is 11.9. The first-order valence-corrected chi connectivity index (χ1v) is 9.78. The van der Waals surface area contributed by atoms with Gasteiger partial charge in [0.1, 0.15) is 16.5 Å². The fraction of sp³-hybridized carbons (Fsp3) is 0.562. The van der Waals surface area contributed by atoms with Crippen molar-refractivity contribution in [3.63, 3.8) is 0 Å². The maximum absolute atomic E-state index is 13.8. The third-order valence-electron chi connectivity index (χ3n) is 4.74. The van der Waals surface area contributed by atoms with Crippen molar-refractivity contribution in [3.8, 4) is 0 Å². The number of carbonyl (C=O) groups is 1. The summed E-state index contributed by atoms with van der Waals surface area (Å²) in [7, 11) is -4.11. The van der Waals surface area contributed by atoms with Gasteiger partial charge in [0.05, 0.1) is 0 Å². The molecule has 0 radical (unpaired) electrons. The Balaban J connectivity index is 1.63. The highest BCUT2D eigenvalue weighted by molar-refractivity contribution is 7.89. The molecule has 0 bridgehead atoms. The maximum Gasteiger partial charge on any atom is 0.246 e. The standard InChI is InChI=1S/C16H21F2N3O3S/c17-12-1-2-14(18)15(9-12)25(23,24)21-7-4-11(5-8-21)16(22)20-13-3-6-19-10-13/h1-2,9,11,13,19H,3-8,10H2,(H,20,22). The van der Waals surface area contributed by atoms with E-state index in [0.717, 1.165) is 35.9 Å². The van der Waals surface area contributed by atoms with Gasteiger partial charge in [-0.05, 0) is 44.0 Å². The molecule has 0 aromatic heterocycles. The number of sulfonamides is 1. The molecule has 1 atom stereocenters. The molecule has 2 fully saturated rings. The average Bonchev–Trinajstić information content (AvgIpc) is 3.10. The van der Waals surface area contributed by atoms with Crippen molar-refractivity contribution in [1.29, 1.82) is 0 Å². The summed E-state index contributed by atoms with van der Waals surface area (Å²) < 4.78 is 53.3. The summed E-state index contributed by atoms with van der Waals surface area (Å²) in [5.74, 6) is -2.11. The second kappa shape index (κ2) is 7.35. The minimum Gasteiger partial charge on any atom is -0.352 e. The van der Waals surface area contributed by atoms with Gasteiger partial charge < -0.3 is 10.6 Å². The van der Waals surface area contributed by atoms with Gasteiger partial charge in [-0.15, -0.1) is 0 Å². The SMILES string of the molecule is O=C(NC1CCNC1)C1CCN(S(=O)(=O)c2cc(F)ccc2F)CC1. The van der Waals surface area contributed by atoms with E-state index in [1.54, 1.807) is 0 Å². The highest BCUT2D eigenvalue weighted by Gasteiger charge is 2.34. The molecule has 2 heterocycles. The van der Waals surface area contributed by atoms with Gasteiger partial charge in [0.25, 0.3) is 0 Å². The Morgan fingerprint density at radius 2 is 1.92 bits per heavy atom. The highest BCUT2D eigenvalue weighted by atomic mass is 32.2. The van der Waals surface area contributed by atoms with Crippen LogP contribution >= 0.6 is 0 Å². The van der Waals surface area contributed by atoms with E-state index in [1.165, 1.54) is 0 Å². The van der Waals surface area contributed by atoms with Crippen LogP contribution in [-0.2, 0) is 14.8 Å². The minimum atomic E-state index is -4.11. The molecule has 0 saturated carbocycles. The van der Waals surface area contributed by atoms with Gasteiger partial charge >= 0.3 is 0 Å². The summed E-state index contributed by atoms with van der Waals surface area (Å²) in [5, 5.41) is 6.14. The molecule has 1 amide bonds. The Bertz CT molecular complexity index is 743. The van der Waals surface area contributed by atoms with Gasteiger partial charge in [0.2, 0.25) is 15.9 Å². The van der Waals surface area contributed by atoms with Gasteiger partial charge in [-0.3, -0.25) is 4.79 Å². The highest BCUT2D eigenvalue weighted by Crippen LogP contribution is 2.26. The van der Waals surface area contributed by atoms with Crippen molar-refractivity contribution >= 4 is 15.9 Å². The molecule has 1 aromatic carbocycles. The zero-order valence-corrected chi connectivity index (χ0v) is 14.5. The van der Waals surface area contributed by atoms with Crippen LogP contribution in [0, 0.1) is 17.6 Å². The zero-order valence-electron chi connectivity index (χ0n) is 13.7. The first-order valence-electron chi connectivity index (χ1n) is 8.34. The molecular formula is C16H21F2N3O3S. The minimum absolute atomic E-state index is 0.0670. The van der Waals surface area contributed by atoms with Crippen molar-refractivity contribution < 1.29 is 22.0 Å². The topological polar surface area (TPSA) is 78.5 Å². The summed E-state index contributed by atoms with van der Waals surface area (Å²) in [4.78, 5) is 11.6. The molecule has 2 saturated heterocycles. The van der Waals surface area contributed by atoms with E-state index in [0.29, 0.717) is 18.9 Å². The molecule has 1 unspecified atom stereocenters. The third-order valence-corrected chi connectivity index (χ3v) is 6.66. The zero-order chi connectivity index (χ0) is 18.0. The number of hydrogen-bond donors (Lipinski definition) is 2. The Morgan fingerprint density at radius 3 is 2.56 bits per heavy atom. The van der Waals surface area contributed by atoms with Crippen molar-refractivity contribution in [1.82, 2.24) is 14.9 Å². The Labute approximate surface area is 145 Å². The maximum atomic E-state index is 13.8. The Morgan fingerprint density at radius 1 is 1.20 bits per heavy atom. The van der Waals surface area contributed by atoms with Gasteiger partial charge in [-0.25, -0.2) is 17.2 Å². The number of nitrogens with zero attached hydrogens (tertiary/aromatic N) is 1.